The molecule has 0 aliphatic rings. The molecule has 84 valence electrons. The fourth-order valence-electron chi connectivity index (χ4n) is 1.35. The number of ether oxygens (including phenoxy) is 1. The molecular weight excluding hydrogens is 192 g/mol. The van der Waals surface area contributed by atoms with Gasteiger partial charge in [-0.25, -0.2) is 0 Å². The van der Waals surface area contributed by atoms with E-state index >= 15 is 0 Å². The quantitative estimate of drug-likeness (QED) is 0.552. The van der Waals surface area contributed by atoms with Crippen molar-refractivity contribution in [1.29, 1.82) is 0 Å². The molecule has 0 radical (unpaired) electrons. The van der Waals surface area contributed by atoms with Gasteiger partial charge in [0.1, 0.15) is 0 Å². The van der Waals surface area contributed by atoms with Gasteiger partial charge in [0.25, 0.3) is 0 Å². The topological polar surface area (TPSA) is 27.7 Å². The molecule has 0 saturated heterocycles. The Kier molecular flexibility index (Phi) is 4.12. The minimum absolute atomic E-state index is 0.201. The van der Waals surface area contributed by atoms with E-state index in [9.17, 15) is 0 Å². The summed E-state index contributed by atoms with van der Waals surface area (Å²) in [5.41, 5.74) is 0.874. The van der Waals surface area contributed by atoms with Crippen LogP contribution in [0.15, 0.2) is 24.3 Å². The molecule has 1 aromatic carbocycles. The van der Waals surface area contributed by atoms with E-state index in [2.05, 4.69) is 4.89 Å². The van der Waals surface area contributed by atoms with Crippen LogP contribution in [0.3, 0.4) is 0 Å². The second-order valence-electron chi connectivity index (χ2n) is 4.00. The van der Waals surface area contributed by atoms with E-state index in [1.165, 1.54) is 7.11 Å². The maximum absolute atomic E-state index is 5.38. The van der Waals surface area contributed by atoms with Gasteiger partial charge >= 0.3 is 0 Å². The summed E-state index contributed by atoms with van der Waals surface area (Å²) < 4.78 is 5.38. The maximum Gasteiger partial charge on any atom is 0.168 e. The molecule has 1 rings (SSSR count). The second-order valence-corrected chi connectivity index (χ2v) is 4.00. The summed E-state index contributed by atoms with van der Waals surface area (Å²) in [4.78, 5) is 9.75. The highest BCUT2D eigenvalue weighted by molar-refractivity contribution is 5.33. The maximum atomic E-state index is 5.38. The van der Waals surface area contributed by atoms with E-state index in [4.69, 9.17) is 9.62 Å². The largest absolute Gasteiger partial charge is 0.378 e. The zero-order valence-electron chi connectivity index (χ0n) is 9.74. The Bertz CT molecular complexity index is 307. The second kappa shape index (κ2) is 5.14. The van der Waals surface area contributed by atoms with Gasteiger partial charge in [-0.2, -0.15) is 4.89 Å². The molecule has 0 bridgehead atoms. The highest BCUT2D eigenvalue weighted by Crippen LogP contribution is 2.24. The van der Waals surface area contributed by atoms with E-state index in [1.807, 2.05) is 38.1 Å². The first-order valence-electron chi connectivity index (χ1n) is 4.93. The third-order valence-electron chi connectivity index (χ3n) is 2.31. The van der Waals surface area contributed by atoms with E-state index in [-0.39, 0.29) is 5.60 Å². The third kappa shape index (κ3) is 3.53. The highest BCUT2D eigenvalue weighted by Gasteiger charge is 2.19. The molecule has 0 fully saturated rings. The third-order valence-corrected chi connectivity index (χ3v) is 2.31. The average molecular weight is 210 g/mol. The van der Waals surface area contributed by atoms with Crippen molar-refractivity contribution in [2.24, 2.45) is 0 Å². The molecular formula is C12H18O3. The van der Waals surface area contributed by atoms with Gasteiger partial charge < -0.3 is 9.62 Å². The lowest BCUT2D eigenvalue weighted by Crippen LogP contribution is -2.25. The Morgan fingerprint density at radius 2 is 1.80 bits per heavy atom. The molecule has 0 N–H and O–H groups in total. The number of rotatable bonds is 5. The van der Waals surface area contributed by atoms with E-state index in [1.54, 1.807) is 7.11 Å². The number of benzene rings is 1. The first-order valence-corrected chi connectivity index (χ1v) is 4.93. The Balaban J connectivity index is 2.84. The van der Waals surface area contributed by atoms with Crippen molar-refractivity contribution in [2.45, 2.75) is 25.9 Å². The minimum atomic E-state index is -0.201. The van der Waals surface area contributed by atoms with Crippen molar-refractivity contribution in [1.82, 2.24) is 0 Å². The van der Waals surface area contributed by atoms with Crippen molar-refractivity contribution < 1.29 is 14.5 Å². The Labute approximate surface area is 90.9 Å². The summed E-state index contributed by atoms with van der Waals surface area (Å²) in [6.07, 6.45) is 0.781. The van der Waals surface area contributed by atoms with Crippen LogP contribution >= 0.6 is 0 Å². The zero-order valence-corrected chi connectivity index (χ0v) is 9.74. The molecule has 0 aliphatic heterocycles. The fourth-order valence-corrected chi connectivity index (χ4v) is 1.35. The highest BCUT2D eigenvalue weighted by atomic mass is 17.2. The van der Waals surface area contributed by atoms with Gasteiger partial charge in [-0.1, -0.05) is 18.2 Å². The molecule has 0 saturated carbocycles. The van der Waals surface area contributed by atoms with Crippen LogP contribution < -0.4 is 4.89 Å². The average Bonchev–Trinajstić information content (AvgIpc) is 2.21. The van der Waals surface area contributed by atoms with E-state index in [0.29, 0.717) is 0 Å². The minimum Gasteiger partial charge on any atom is -0.378 e. The van der Waals surface area contributed by atoms with Gasteiger partial charge in [-0.05, 0) is 19.9 Å². The summed E-state index contributed by atoms with van der Waals surface area (Å²) in [5, 5.41) is 0. The summed E-state index contributed by atoms with van der Waals surface area (Å²) in [7, 11) is 3.21. The number of hydrogen-bond acceptors (Lipinski definition) is 3. The molecule has 0 aromatic heterocycles. The molecule has 0 amide bonds. The van der Waals surface area contributed by atoms with Crippen LogP contribution in [0, 0.1) is 0 Å². The van der Waals surface area contributed by atoms with Crippen molar-refractivity contribution in [3.8, 4) is 5.75 Å². The lowest BCUT2D eigenvalue weighted by atomic mass is 9.98. The molecule has 3 heteroatoms. The molecule has 0 atom stereocenters. The summed E-state index contributed by atoms with van der Waals surface area (Å²) in [6, 6.07) is 7.78. The Hall–Kier alpha value is -1.06. The molecule has 15 heavy (non-hydrogen) atoms. The van der Waals surface area contributed by atoms with Crippen LogP contribution in [0.4, 0.5) is 0 Å². The summed E-state index contributed by atoms with van der Waals surface area (Å²) in [6.45, 7) is 4.08. The van der Waals surface area contributed by atoms with Gasteiger partial charge in [0, 0.05) is 19.1 Å². The SMILES string of the molecule is COOc1ccccc1CC(C)(C)OC. The van der Waals surface area contributed by atoms with Crippen LogP contribution in [0.5, 0.6) is 5.75 Å². The first kappa shape index (κ1) is 12.0. The number of hydrogen-bond donors (Lipinski definition) is 0. The van der Waals surface area contributed by atoms with Crippen molar-refractivity contribution in [2.75, 3.05) is 14.2 Å². The van der Waals surface area contributed by atoms with Crippen LogP contribution in [0.2, 0.25) is 0 Å². The predicted octanol–water partition coefficient (Wildman–Crippen LogP) is 2.59. The molecule has 3 nitrogen and oxygen atoms in total. The predicted molar refractivity (Wildman–Crippen MR) is 58.9 cm³/mol. The lowest BCUT2D eigenvalue weighted by Gasteiger charge is -2.23. The van der Waals surface area contributed by atoms with Crippen molar-refractivity contribution in [3.05, 3.63) is 29.8 Å². The van der Waals surface area contributed by atoms with Crippen LogP contribution in [-0.2, 0) is 16.0 Å². The lowest BCUT2D eigenvalue weighted by molar-refractivity contribution is -0.179. The molecule has 0 spiro atoms. The Morgan fingerprint density at radius 1 is 1.13 bits per heavy atom. The van der Waals surface area contributed by atoms with Gasteiger partial charge in [0.15, 0.2) is 5.75 Å². The van der Waals surface area contributed by atoms with Gasteiger partial charge in [0.2, 0.25) is 0 Å². The molecule has 0 heterocycles. The fraction of sp³-hybridized carbons (Fsp3) is 0.500. The van der Waals surface area contributed by atoms with Gasteiger partial charge in [0.05, 0.1) is 12.7 Å². The normalized spacial score (nSPS) is 11.5. The number of methoxy groups -OCH3 is 1. The van der Waals surface area contributed by atoms with E-state index < -0.39 is 0 Å². The van der Waals surface area contributed by atoms with Gasteiger partial charge in [-0.15, -0.1) is 0 Å². The molecule has 1 aromatic rings. The Morgan fingerprint density at radius 3 is 2.40 bits per heavy atom. The van der Waals surface area contributed by atoms with E-state index in [0.717, 1.165) is 17.7 Å². The monoisotopic (exact) mass is 210 g/mol. The van der Waals surface area contributed by atoms with Crippen molar-refractivity contribution in [3.63, 3.8) is 0 Å². The smallest absolute Gasteiger partial charge is 0.168 e. The zero-order chi connectivity index (χ0) is 11.3. The summed E-state index contributed by atoms with van der Waals surface area (Å²) >= 11 is 0. The standard InChI is InChI=1S/C12H18O3/c1-12(2,13-3)9-10-7-5-6-8-11(10)15-14-4/h5-8H,9H2,1-4H3. The summed E-state index contributed by atoms with van der Waals surface area (Å²) in [5.74, 6) is 0.741. The number of para-hydroxylation sites is 1. The molecule has 0 aliphatic carbocycles. The van der Waals surface area contributed by atoms with Crippen LogP contribution in [0.1, 0.15) is 19.4 Å². The van der Waals surface area contributed by atoms with Crippen molar-refractivity contribution >= 4 is 0 Å². The van der Waals surface area contributed by atoms with Gasteiger partial charge in [-0.3, -0.25) is 0 Å². The molecule has 0 unspecified atom stereocenters. The first-order chi connectivity index (χ1) is 7.09. The van der Waals surface area contributed by atoms with Crippen LogP contribution in [-0.4, -0.2) is 19.8 Å². The van der Waals surface area contributed by atoms with Crippen LogP contribution in [0.25, 0.3) is 0 Å².